The van der Waals surface area contributed by atoms with Gasteiger partial charge >= 0.3 is 5.63 Å². The van der Waals surface area contributed by atoms with Crippen LogP contribution >= 0.6 is 0 Å². The smallest absolute Gasteiger partial charge is 0.344 e. The fourth-order valence-corrected chi connectivity index (χ4v) is 5.29. The molecule has 0 unspecified atom stereocenters. The first-order chi connectivity index (χ1) is 16.1. The van der Waals surface area contributed by atoms with Gasteiger partial charge in [-0.3, -0.25) is 9.59 Å². The second-order valence-electron chi connectivity index (χ2n) is 8.88. The van der Waals surface area contributed by atoms with Gasteiger partial charge in [0.2, 0.25) is 0 Å². The highest BCUT2D eigenvalue weighted by molar-refractivity contribution is 6.04. The second-order valence-corrected chi connectivity index (χ2v) is 8.88. The van der Waals surface area contributed by atoms with Crippen LogP contribution in [0.5, 0.6) is 5.75 Å². The highest BCUT2D eigenvalue weighted by Crippen LogP contribution is 2.35. The van der Waals surface area contributed by atoms with E-state index in [1.54, 1.807) is 36.4 Å². The number of hydrogen-bond acceptors (Lipinski definition) is 5. The summed E-state index contributed by atoms with van der Waals surface area (Å²) in [6.07, 6.45) is 0.992. The summed E-state index contributed by atoms with van der Waals surface area (Å²) >= 11 is 0. The highest BCUT2D eigenvalue weighted by atomic mass is 16.5. The molecule has 2 aromatic carbocycles. The number of carbonyl (C=O) groups excluding carboxylic acids is 1. The predicted octanol–water partition coefficient (Wildman–Crippen LogP) is 3.13. The lowest BCUT2D eigenvalue weighted by Crippen LogP contribution is -2.50. The van der Waals surface area contributed by atoms with E-state index in [-0.39, 0.29) is 29.9 Å². The molecule has 1 fully saturated rings. The Balaban J connectivity index is 1.19. The van der Waals surface area contributed by atoms with Crippen LogP contribution in [0.4, 0.5) is 0 Å². The Bertz CT molecular complexity index is 1520. The average Bonchev–Trinajstić information content (AvgIpc) is 2.83. The average molecular weight is 442 g/mol. The number of nitrogens with zero attached hydrogens (tertiary/aromatic N) is 2. The molecule has 0 spiro atoms. The molecular formula is C26H22N2O5. The zero-order chi connectivity index (χ0) is 22.5. The number of benzene rings is 2. The topological polar surface area (TPSA) is 81.8 Å². The van der Waals surface area contributed by atoms with Crippen LogP contribution in [0, 0.1) is 5.92 Å². The van der Waals surface area contributed by atoms with Gasteiger partial charge in [0.15, 0.2) is 6.61 Å². The summed E-state index contributed by atoms with van der Waals surface area (Å²) in [6, 6.07) is 18.0. The molecule has 2 aliphatic heterocycles. The molecule has 2 atom stereocenters. The van der Waals surface area contributed by atoms with Gasteiger partial charge < -0.3 is 18.6 Å². The minimum Gasteiger partial charge on any atom is -0.484 e. The lowest BCUT2D eigenvalue weighted by molar-refractivity contribution is -0.136. The normalized spacial score (nSPS) is 19.5. The standard InChI is InChI=1S/C26H22N2O5/c29-24-7-3-6-22-17-10-16(13-28(22)24)12-27(14-17)25(30)15-32-18-8-9-20-19-4-1-2-5-21(19)26(31)33-23(20)11-18/h1-9,11,16-17H,10,12-15H2/t16-,17+/m1/s1. The predicted molar refractivity (Wildman–Crippen MR) is 124 cm³/mol. The summed E-state index contributed by atoms with van der Waals surface area (Å²) in [5.41, 5.74) is 1.07. The third kappa shape index (κ3) is 3.40. The summed E-state index contributed by atoms with van der Waals surface area (Å²) in [5, 5.41) is 2.18. The van der Waals surface area contributed by atoms with E-state index in [0.717, 1.165) is 22.9 Å². The van der Waals surface area contributed by atoms with E-state index in [4.69, 9.17) is 9.15 Å². The van der Waals surface area contributed by atoms with Crippen molar-refractivity contribution in [2.24, 2.45) is 5.92 Å². The first kappa shape index (κ1) is 19.8. The Labute approximate surface area is 188 Å². The number of hydrogen-bond donors (Lipinski definition) is 0. The van der Waals surface area contributed by atoms with Crippen molar-refractivity contribution in [3.63, 3.8) is 0 Å². The molecule has 0 aliphatic carbocycles. The largest absolute Gasteiger partial charge is 0.484 e. The molecule has 4 aromatic rings. The van der Waals surface area contributed by atoms with E-state index in [1.807, 2.05) is 33.7 Å². The van der Waals surface area contributed by atoms with Crippen LogP contribution < -0.4 is 15.9 Å². The molecule has 0 N–H and O–H groups in total. The van der Waals surface area contributed by atoms with Gasteiger partial charge in [-0.15, -0.1) is 0 Å². The first-order valence-electron chi connectivity index (χ1n) is 11.1. The van der Waals surface area contributed by atoms with Gasteiger partial charge in [-0.25, -0.2) is 4.79 Å². The summed E-state index contributed by atoms with van der Waals surface area (Å²) in [5.74, 6) is 0.821. The Morgan fingerprint density at radius 2 is 1.79 bits per heavy atom. The molecular weight excluding hydrogens is 420 g/mol. The summed E-state index contributed by atoms with van der Waals surface area (Å²) in [7, 11) is 0. The number of carbonyl (C=O) groups is 1. The number of pyridine rings is 1. The summed E-state index contributed by atoms with van der Waals surface area (Å²) in [4.78, 5) is 39.3. The monoisotopic (exact) mass is 442 g/mol. The fraction of sp³-hybridized carbons (Fsp3) is 0.269. The third-order valence-corrected chi connectivity index (χ3v) is 6.79. The van der Waals surface area contributed by atoms with Gasteiger partial charge in [-0.1, -0.05) is 24.3 Å². The zero-order valence-electron chi connectivity index (χ0n) is 17.9. The van der Waals surface area contributed by atoms with E-state index in [0.29, 0.717) is 36.4 Å². The number of likely N-dealkylation sites (tertiary alicyclic amines) is 1. The maximum Gasteiger partial charge on any atom is 0.344 e. The van der Waals surface area contributed by atoms with Gasteiger partial charge in [-0.05, 0) is 42.0 Å². The van der Waals surface area contributed by atoms with Crippen LogP contribution in [0.3, 0.4) is 0 Å². The van der Waals surface area contributed by atoms with Crippen LogP contribution in [0.2, 0.25) is 0 Å². The second kappa shape index (κ2) is 7.62. The van der Waals surface area contributed by atoms with Crippen molar-refractivity contribution in [3.8, 4) is 5.75 Å². The maximum atomic E-state index is 12.9. The third-order valence-electron chi connectivity index (χ3n) is 6.79. The molecule has 6 rings (SSSR count). The molecule has 166 valence electrons. The van der Waals surface area contributed by atoms with Gasteiger partial charge in [0.1, 0.15) is 11.3 Å². The number of aromatic nitrogens is 1. The van der Waals surface area contributed by atoms with Crippen molar-refractivity contribution in [1.29, 1.82) is 0 Å². The molecule has 2 aromatic heterocycles. The quantitative estimate of drug-likeness (QED) is 0.360. The number of fused-ring (bicyclic) bond motifs is 7. The van der Waals surface area contributed by atoms with Gasteiger partial charge in [0.05, 0.1) is 5.39 Å². The molecule has 2 aliphatic rings. The highest BCUT2D eigenvalue weighted by Gasteiger charge is 2.36. The van der Waals surface area contributed by atoms with E-state index in [2.05, 4.69) is 0 Å². The Morgan fingerprint density at radius 1 is 0.939 bits per heavy atom. The molecule has 1 saturated heterocycles. The van der Waals surface area contributed by atoms with Gasteiger partial charge in [0.25, 0.3) is 11.5 Å². The lowest BCUT2D eigenvalue weighted by Gasteiger charge is -2.42. The molecule has 7 nitrogen and oxygen atoms in total. The SMILES string of the molecule is O=C(COc1ccc2c(c1)oc(=O)c1ccccc12)N1C[C@H]2C[C@@H](C1)c1cccc(=O)n1C2. The van der Waals surface area contributed by atoms with Crippen molar-refractivity contribution < 1.29 is 13.9 Å². The number of amides is 1. The molecule has 2 bridgehead atoms. The fourth-order valence-electron chi connectivity index (χ4n) is 5.29. The van der Waals surface area contributed by atoms with Crippen LogP contribution in [0.25, 0.3) is 21.7 Å². The van der Waals surface area contributed by atoms with Gasteiger partial charge in [0, 0.05) is 48.8 Å². The minimum atomic E-state index is -0.398. The lowest BCUT2D eigenvalue weighted by atomic mass is 9.83. The first-order valence-corrected chi connectivity index (χ1v) is 11.1. The van der Waals surface area contributed by atoms with Crippen LogP contribution in [0.1, 0.15) is 18.0 Å². The Kier molecular flexibility index (Phi) is 4.57. The molecule has 7 heteroatoms. The van der Waals surface area contributed by atoms with E-state index < -0.39 is 5.63 Å². The summed E-state index contributed by atoms with van der Waals surface area (Å²) in [6.45, 7) is 1.76. The van der Waals surface area contributed by atoms with E-state index in [1.165, 1.54) is 0 Å². The molecule has 4 heterocycles. The van der Waals surface area contributed by atoms with Crippen LogP contribution in [-0.2, 0) is 11.3 Å². The van der Waals surface area contributed by atoms with Gasteiger partial charge in [-0.2, -0.15) is 0 Å². The van der Waals surface area contributed by atoms with Crippen molar-refractivity contribution in [2.75, 3.05) is 19.7 Å². The maximum absolute atomic E-state index is 12.9. The van der Waals surface area contributed by atoms with Crippen LogP contribution in [-0.4, -0.2) is 35.1 Å². The van der Waals surface area contributed by atoms with Crippen molar-refractivity contribution in [1.82, 2.24) is 9.47 Å². The van der Waals surface area contributed by atoms with Crippen molar-refractivity contribution in [2.45, 2.75) is 18.9 Å². The molecule has 0 saturated carbocycles. The molecule has 1 amide bonds. The van der Waals surface area contributed by atoms with E-state index in [9.17, 15) is 14.4 Å². The number of ether oxygens (including phenoxy) is 1. The van der Waals surface area contributed by atoms with Crippen LogP contribution in [0.15, 0.2) is 74.7 Å². The van der Waals surface area contributed by atoms with Crippen molar-refractivity contribution >= 4 is 27.6 Å². The Hall–Kier alpha value is -3.87. The van der Waals surface area contributed by atoms with E-state index >= 15 is 0 Å². The Morgan fingerprint density at radius 3 is 2.67 bits per heavy atom. The number of piperidine rings is 1. The molecule has 33 heavy (non-hydrogen) atoms. The number of rotatable bonds is 3. The summed E-state index contributed by atoms with van der Waals surface area (Å²) < 4.78 is 13.1. The molecule has 0 radical (unpaired) electrons. The van der Waals surface area contributed by atoms with Crippen molar-refractivity contribution in [3.05, 3.63) is 87.1 Å². The minimum absolute atomic E-state index is 0.0287. The zero-order valence-corrected chi connectivity index (χ0v) is 17.9.